The van der Waals surface area contributed by atoms with Crippen LogP contribution in [0.1, 0.15) is 37.4 Å². The van der Waals surface area contributed by atoms with Crippen LogP contribution in [0.15, 0.2) is 71.9 Å². The third-order valence-electron chi connectivity index (χ3n) is 6.31. The molecule has 3 aromatic rings. The molecule has 2 aliphatic carbocycles. The third kappa shape index (κ3) is 2.51. The summed E-state index contributed by atoms with van der Waals surface area (Å²) in [6, 6.07) is 24.8. The van der Waals surface area contributed by atoms with Crippen molar-refractivity contribution >= 4 is 23.7 Å². The van der Waals surface area contributed by atoms with Gasteiger partial charge in [0, 0.05) is 0 Å². The van der Waals surface area contributed by atoms with E-state index in [0.717, 1.165) is 24.4 Å². The first-order valence-corrected chi connectivity index (χ1v) is 14.7. The Hall–Kier alpha value is -0.643. The van der Waals surface area contributed by atoms with E-state index in [1.54, 1.807) is 16.0 Å². The van der Waals surface area contributed by atoms with Crippen LogP contribution in [0.5, 0.6) is 0 Å². The maximum absolute atomic E-state index is 7.00. The minimum atomic E-state index is -1.75. The summed E-state index contributed by atoms with van der Waals surface area (Å²) in [4.78, 5) is 0. The number of hydrogen-bond acceptors (Lipinski definition) is 0. The Kier molecular flexibility index (Phi) is 5.12. The molecule has 0 bridgehead atoms. The van der Waals surface area contributed by atoms with Crippen LogP contribution in [0, 0.1) is 0 Å². The van der Waals surface area contributed by atoms with Crippen molar-refractivity contribution in [2.75, 3.05) is 0 Å². The van der Waals surface area contributed by atoms with Gasteiger partial charge in [0.15, 0.2) is 0 Å². The first-order chi connectivity index (χ1) is 12.6. The van der Waals surface area contributed by atoms with E-state index in [4.69, 9.17) is 11.1 Å². The number of fused-ring (bicyclic) bond motifs is 5. The first kappa shape index (κ1) is 20.6. The number of rotatable bonds is 1. The quantitative estimate of drug-likeness (QED) is 0.214. The molecule has 2 atom stereocenters. The van der Waals surface area contributed by atoms with Gasteiger partial charge in [-0.3, -0.25) is 0 Å². The molecule has 3 aromatic carbocycles. The molecule has 1 aliphatic heterocycles. The zero-order chi connectivity index (χ0) is 17.6. The second kappa shape index (κ2) is 6.96. The van der Waals surface area contributed by atoms with Crippen LogP contribution < -0.4 is 24.8 Å². The van der Waals surface area contributed by atoms with Gasteiger partial charge in [0.1, 0.15) is 0 Å². The molecule has 1 heterocycles. The van der Waals surface area contributed by atoms with E-state index in [-0.39, 0.29) is 24.8 Å². The Labute approximate surface area is 198 Å². The fourth-order valence-electron chi connectivity index (χ4n) is 5.16. The molecule has 3 aliphatic rings. The molecule has 5 heteroatoms. The van der Waals surface area contributed by atoms with Crippen LogP contribution in [0.3, 0.4) is 0 Å². The normalized spacial score (nSPS) is 23.2. The van der Waals surface area contributed by atoms with Gasteiger partial charge in [0.05, 0.1) is 0 Å². The smallest absolute Gasteiger partial charge is 1.00 e. The summed E-state index contributed by atoms with van der Waals surface area (Å²) in [6.45, 7) is 2.32. The van der Waals surface area contributed by atoms with Crippen molar-refractivity contribution < 1.29 is 49.2 Å². The van der Waals surface area contributed by atoms with Crippen molar-refractivity contribution in [3.8, 4) is 11.1 Å². The van der Waals surface area contributed by atoms with Crippen LogP contribution in [0.2, 0.25) is 6.55 Å². The number of halogens is 3. The molecular weight excluding hydrogens is 589 g/mol. The Morgan fingerprint density at radius 2 is 1.25 bits per heavy atom. The van der Waals surface area contributed by atoms with E-state index >= 15 is 0 Å². The summed E-state index contributed by atoms with van der Waals surface area (Å²) in [7, 11) is -1.75. The fraction of sp³-hybridized carbons (Fsp3) is 0.130. The second-order valence-corrected chi connectivity index (χ2v) is 15.0. The maximum Gasteiger partial charge on any atom is -1.00 e. The van der Waals surface area contributed by atoms with Gasteiger partial charge in [-0.25, -0.2) is 0 Å². The van der Waals surface area contributed by atoms with Gasteiger partial charge in [-0.1, -0.05) is 0 Å². The van der Waals surface area contributed by atoms with Gasteiger partial charge >= 0.3 is 175 Å². The Morgan fingerprint density at radius 1 is 0.750 bits per heavy atom. The van der Waals surface area contributed by atoms with E-state index in [1.165, 1.54) is 33.4 Å². The summed E-state index contributed by atoms with van der Waals surface area (Å²) in [6.07, 6.45) is 0. The van der Waals surface area contributed by atoms with E-state index < -0.39 is 7.38 Å². The van der Waals surface area contributed by atoms with Crippen molar-refractivity contribution in [3.63, 3.8) is 0 Å². The summed E-state index contributed by atoms with van der Waals surface area (Å²) in [5.74, 6) is 0.333. The van der Waals surface area contributed by atoms with Gasteiger partial charge < -0.3 is 24.8 Å². The minimum Gasteiger partial charge on any atom is -1.00 e. The predicted molar refractivity (Wildman–Crippen MR) is 106 cm³/mol. The van der Waals surface area contributed by atoms with Gasteiger partial charge in [-0.2, -0.15) is 0 Å². The van der Waals surface area contributed by atoms with Crippen LogP contribution in [-0.4, -0.2) is 7.38 Å². The molecule has 0 nitrogen and oxygen atoms in total. The third-order valence-corrected chi connectivity index (χ3v) is 13.4. The molecule has 2 unspecified atom stereocenters. The molecule has 0 saturated heterocycles. The minimum absolute atomic E-state index is 0. The van der Waals surface area contributed by atoms with Crippen LogP contribution in [0.25, 0.3) is 16.3 Å². The summed E-state index contributed by atoms with van der Waals surface area (Å²) in [5.41, 5.74) is 10.2. The average Bonchev–Trinajstić information content (AvgIpc) is 2.94. The molecule has 0 saturated carbocycles. The molecule has 137 valence electrons. The molecule has 0 radical (unpaired) electrons. The second-order valence-electron chi connectivity index (χ2n) is 7.64. The largest absolute Gasteiger partial charge is 1.00 e. The number of benzene rings is 3. The van der Waals surface area contributed by atoms with Gasteiger partial charge in [-0.05, 0) is 0 Å². The number of allylic oxidation sites excluding steroid dienone is 1. The standard InChI is InChI=1S/C23H16ClSi.2ClH.Hf/c1-25(24)20-13-14-7-6-12-19(21(14)23(20)25)22-17-10-4-2-8-15(17)16-9-3-5-11-18(16)22;;;/h2-13,22H,1H3;2*1H;/q;;;+2/p-2. The molecule has 0 amide bonds. The molecule has 0 N–H and O–H groups in total. The fourth-order valence-corrected chi connectivity index (χ4v) is 15.5. The topological polar surface area (TPSA) is 0 Å². The summed E-state index contributed by atoms with van der Waals surface area (Å²) in [5, 5.41) is 3.19. The first-order valence-electron chi connectivity index (χ1n) is 9.07. The summed E-state index contributed by atoms with van der Waals surface area (Å²) < 4.78 is 0.640. The van der Waals surface area contributed by atoms with Crippen LogP contribution in [-0.2, 0) is 24.4 Å². The van der Waals surface area contributed by atoms with E-state index in [1.807, 2.05) is 0 Å². The molecular formula is C23H16Cl3HfSi. The van der Waals surface area contributed by atoms with Gasteiger partial charge in [0.2, 0.25) is 0 Å². The molecule has 28 heavy (non-hydrogen) atoms. The zero-order valence-corrected chi connectivity index (χ0v) is 22.0. The van der Waals surface area contributed by atoms with Crippen molar-refractivity contribution in [1.29, 1.82) is 0 Å². The monoisotopic (exact) mass is 605 g/mol. The van der Waals surface area contributed by atoms with Crippen molar-refractivity contribution in [2.45, 2.75) is 16.1 Å². The van der Waals surface area contributed by atoms with Crippen LogP contribution in [0.4, 0.5) is 0 Å². The molecule has 0 fully saturated rings. The molecule has 0 spiro atoms. The van der Waals surface area contributed by atoms with E-state index in [2.05, 4.69) is 73.3 Å². The maximum atomic E-state index is 7.00. The Balaban J connectivity index is 0.000000961. The van der Waals surface area contributed by atoms with Crippen LogP contribution >= 0.6 is 11.1 Å². The predicted octanol–water partition coefficient (Wildman–Crippen LogP) is 0.116. The van der Waals surface area contributed by atoms with Crippen molar-refractivity contribution in [3.05, 3.63) is 99.7 Å². The van der Waals surface area contributed by atoms with Crippen molar-refractivity contribution in [1.82, 2.24) is 0 Å². The van der Waals surface area contributed by atoms with E-state index in [9.17, 15) is 0 Å². The Bertz CT molecular complexity index is 1110. The SMILES string of the molecule is C[Si]1(Cl)C2=C1[CH]([Hf+2])c1cccc(C3c4ccccc4-c4ccccc43)c12.[Cl-].[Cl-]. The van der Waals surface area contributed by atoms with E-state index in [0.29, 0.717) is 9.59 Å². The van der Waals surface area contributed by atoms with Gasteiger partial charge in [0.25, 0.3) is 0 Å². The average molecular weight is 605 g/mol. The van der Waals surface area contributed by atoms with Crippen molar-refractivity contribution in [2.24, 2.45) is 0 Å². The Morgan fingerprint density at radius 3 is 1.86 bits per heavy atom. The molecule has 0 aromatic heterocycles. The zero-order valence-electron chi connectivity index (χ0n) is 15.1. The molecule has 6 rings (SSSR count). The number of hydrogen-bond donors (Lipinski definition) is 0. The summed E-state index contributed by atoms with van der Waals surface area (Å²) >= 11 is 8.16. The van der Waals surface area contributed by atoms with Gasteiger partial charge in [-0.15, -0.1) is 0 Å².